The van der Waals surface area contributed by atoms with Gasteiger partial charge in [0.2, 0.25) is 0 Å². The first-order chi connectivity index (χ1) is 9.13. The Bertz CT molecular complexity index is 376. The number of ether oxygens (including phenoxy) is 1. The second kappa shape index (κ2) is 8.40. The van der Waals surface area contributed by atoms with Crippen LogP contribution in [0.1, 0.15) is 25.3 Å². The lowest BCUT2D eigenvalue weighted by Crippen LogP contribution is -2.39. The summed E-state index contributed by atoms with van der Waals surface area (Å²) >= 11 is 0. The van der Waals surface area contributed by atoms with Crippen LogP contribution < -0.4 is 10.1 Å². The van der Waals surface area contributed by atoms with Crippen molar-refractivity contribution in [3.05, 3.63) is 29.8 Å². The van der Waals surface area contributed by atoms with Crippen LogP contribution in [-0.2, 0) is 0 Å². The Kier molecular flexibility index (Phi) is 6.79. The van der Waals surface area contributed by atoms with Crippen LogP contribution in [-0.4, -0.2) is 37.7 Å². The second-order valence-electron chi connectivity index (χ2n) is 4.67. The highest BCUT2D eigenvalue weighted by molar-refractivity contribution is 5.73. The molecule has 0 aliphatic heterocycles. The number of urea groups is 1. The minimum absolute atomic E-state index is 0.0408. The summed E-state index contributed by atoms with van der Waals surface area (Å²) in [5.41, 5.74) is 1.21. The monoisotopic (exact) mass is 264 g/mol. The molecule has 19 heavy (non-hydrogen) atoms. The summed E-state index contributed by atoms with van der Waals surface area (Å²) in [7, 11) is 1.81. The highest BCUT2D eigenvalue weighted by Crippen LogP contribution is 2.10. The number of nitrogens with zero attached hydrogens (tertiary/aromatic N) is 1. The van der Waals surface area contributed by atoms with Crippen LogP contribution in [0.2, 0.25) is 0 Å². The van der Waals surface area contributed by atoms with Gasteiger partial charge in [-0.1, -0.05) is 31.0 Å². The van der Waals surface area contributed by atoms with Crippen molar-refractivity contribution < 1.29 is 9.53 Å². The van der Waals surface area contributed by atoms with Crippen molar-refractivity contribution in [3.8, 4) is 5.75 Å². The molecule has 4 nitrogen and oxygen atoms in total. The largest absolute Gasteiger partial charge is 0.492 e. The SMILES string of the molecule is CCCCN(C)C(=O)NCCOc1ccc(C)cc1. The summed E-state index contributed by atoms with van der Waals surface area (Å²) in [4.78, 5) is 13.4. The van der Waals surface area contributed by atoms with Gasteiger partial charge in [-0.05, 0) is 25.5 Å². The first-order valence-electron chi connectivity index (χ1n) is 6.82. The van der Waals surface area contributed by atoms with Crippen LogP contribution in [0.3, 0.4) is 0 Å². The Morgan fingerprint density at radius 2 is 2.00 bits per heavy atom. The minimum atomic E-state index is -0.0408. The molecule has 106 valence electrons. The van der Waals surface area contributed by atoms with Gasteiger partial charge in [-0.2, -0.15) is 0 Å². The van der Waals surface area contributed by atoms with Crippen molar-refractivity contribution in [3.63, 3.8) is 0 Å². The van der Waals surface area contributed by atoms with E-state index in [4.69, 9.17) is 4.74 Å². The third-order valence-electron chi connectivity index (χ3n) is 2.86. The van der Waals surface area contributed by atoms with Crippen molar-refractivity contribution in [2.24, 2.45) is 0 Å². The standard InChI is InChI=1S/C15H24N2O2/c1-4-5-11-17(3)15(18)16-10-12-19-14-8-6-13(2)7-9-14/h6-9H,4-5,10-12H2,1-3H3,(H,16,18). The van der Waals surface area contributed by atoms with Crippen LogP contribution >= 0.6 is 0 Å². The number of benzene rings is 1. The number of carbonyl (C=O) groups excluding carboxylic acids is 1. The van der Waals surface area contributed by atoms with Gasteiger partial charge in [0.15, 0.2) is 0 Å². The lowest BCUT2D eigenvalue weighted by Gasteiger charge is -2.17. The summed E-state index contributed by atoms with van der Waals surface area (Å²) in [6.07, 6.45) is 2.12. The number of aryl methyl sites for hydroxylation is 1. The van der Waals surface area contributed by atoms with Gasteiger partial charge in [0.25, 0.3) is 0 Å². The van der Waals surface area contributed by atoms with E-state index in [1.165, 1.54) is 5.56 Å². The molecule has 2 amide bonds. The molecular formula is C15H24N2O2. The molecule has 1 rings (SSSR count). The van der Waals surface area contributed by atoms with Gasteiger partial charge in [-0.15, -0.1) is 0 Å². The summed E-state index contributed by atoms with van der Waals surface area (Å²) in [6.45, 7) is 5.94. The number of amides is 2. The molecule has 1 aromatic rings. The summed E-state index contributed by atoms with van der Waals surface area (Å²) in [5.74, 6) is 0.833. The molecule has 1 aromatic carbocycles. The fourth-order valence-corrected chi connectivity index (χ4v) is 1.59. The molecule has 0 aromatic heterocycles. The topological polar surface area (TPSA) is 41.6 Å². The van der Waals surface area contributed by atoms with E-state index in [1.54, 1.807) is 4.90 Å². The number of hydrogen-bond acceptors (Lipinski definition) is 2. The van der Waals surface area contributed by atoms with Crippen molar-refractivity contribution in [2.75, 3.05) is 26.7 Å². The van der Waals surface area contributed by atoms with Gasteiger partial charge < -0.3 is 15.0 Å². The minimum Gasteiger partial charge on any atom is -0.492 e. The zero-order valence-corrected chi connectivity index (χ0v) is 12.1. The number of nitrogens with one attached hydrogen (secondary N) is 1. The first-order valence-corrected chi connectivity index (χ1v) is 6.82. The van der Waals surface area contributed by atoms with E-state index >= 15 is 0 Å². The quantitative estimate of drug-likeness (QED) is 0.769. The molecule has 0 bridgehead atoms. The number of rotatable bonds is 7. The van der Waals surface area contributed by atoms with Crippen molar-refractivity contribution in [2.45, 2.75) is 26.7 Å². The number of unbranched alkanes of at least 4 members (excludes halogenated alkanes) is 1. The van der Waals surface area contributed by atoms with Crippen LogP contribution in [0.25, 0.3) is 0 Å². The maximum Gasteiger partial charge on any atom is 0.317 e. The van der Waals surface area contributed by atoms with Crippen molar-refractivity contribution in [1.29, 1.82) is 0 Å². The second-order valence-corrected chi connectivity index (χ2v) is 4.67. The fraction of sp³-hybridized carbons (Fsp3) is 0.533. The molecule has 0 heterocycles. The maximum atomic E-state index is 11.7. The van der Waals surface area contributed by atoms with E-state index in [9.17, 15) is 4.79 Å². The average molecular weight is 264 g/mol. The van der Waals surface area contributed by atoms with Gasteiger partial charge >= 0.3 is 6.03 Å². The molecular weight excluding hydrogens is 240 g/mol. The third-order valence-corrected chi connectivity index (χ3v) is 2.86. The summed E-state index contributed by atoms with van der Waals surface area (Å²) in [5, 5.41) is 2.83. The number of hydrogen-bond donors (Lipinski definition) is 1. The Hall–Kier alpha value is -1.71. The molecule has 0 unspecified atom stereocenters. The predicted octanol–water partition coefficient (Wildman–Crippen LogP) is 2.82. The summed E-state index contributed by atoms with van der Waals surface area (Å²) in [6, 6.07) is 7.84. The molecule has 0 aliphatic rings. The van der Waals surface area contributed by atoms with Crippen LogP contribution in [0.15, 0.2) is 24.3 Å². The fourth-order valence-electron chi connectivity index (χ4n) is 1.59. The van der Waals surface area contributed by atoms with E-state index in [-0.39, 0.29) is 6.03 Å². The lowest BCUT2D eigenvalue weighted by atomic mass is 10.2. The Balaban J connectivity index is 2.16. The van der Waals surface area contributed by atoms with Gasteiger partial charge in [0.1, 0.15) is 12.4 Å². The zero-order valence-electron chi connectivity index (χ0n) is 12.1. The van der Waals surface area contributed by atoms with E-state index < -0.39 is 0 Å². The molecule has 0 spiro atoms. The molecule has 0 saturated carbocycles. The van der Waals surface area contributed by atoms with Gasteiger partial charge in [0, 0.05) is 13.6 Å². The van der Waals surface area contributed by atoms with E-state index in [0.717, 1.165) is 25.1 Å². The zero-order chi connectivity index (χ0) is 14.1. The van der Waals surface area contributed by atoms with E-state index in [0.29, 0.717) is 13.2 Å². The number of carbonyl (C=O) groups is 1. The highest BCUT2D eigenvalue weighted by atomic mass is 16.5. The lowest BCUT2D eigenvalue weighted by molar-refractivity contribution is 0.204. The van der Waals surface area contributed by atoms with Crippen molar-refractivity contribution >= 4 is 6.03 Å². The molecule has 0 aliphatic carbocycles. The maximum absolute atomic E-state index is 11.7. The molecule has 4 heteroatoms. The average Bonchev–Trinajstić information content (AvgIpc) is 2.42. The van der Waals surface area contributed by atoms with Gasteiger partial charge in [-0.3, -0.25) is 0 Å². The molecule has 0 fully saturated rings. The Labute approximate surface area is 115 Å². The Morgan fingerprint density at radius 3 is 2.63 bits per heavy atom. The van der Waals surface area contributed by atoms with Crippen LogP contribution in [0, 0.1) is 6.92 Å². The highest BCUT2D eigenvalue weighted by Gasteiger charge is 2.06. The smallest absolute Gasteiger partial charge is 0.317 e. The van der Waals surface area contributed by atoms with Gasteiger partial charge in [0.05, 0.1) is 6.54 Å². The van der Waals surface area contributed by atoms with Crippen LogP contribution in [0.4, 0.5) is 4.79 Å². The van der Waals surface area contributed by atoms with Crippen molar-refractivity contribution in [1.82, 2.24) is 10.2 Å². The normalized spacial score (nSPS) is 10.1. The molecule has 1 N–H and O–H groups in total. The molecule has 0 radical (unpaired) electrons. The molecule has 0 saturated heterocycles. The van der Waals surface area contributed by atoms with E-state index in [2.05, 4.69) is 12.2 Å². The summed E-state index contributed by atoms with van der Waals surface area (Å²) < 4.78 is 5.54. The van der Waals surface area contributed by atoms with Crippen LogP contribution in [0.5, 0.6) is 5.75 Å². The Morgan fingerprint density at radius 1 is 1.32 bits per heavy atom. The third kappa shape index (κ3) is 6.13. The molecule has 0 atom stereocenters. The van der Waals surface area contributed by atoms with Gasteiger partial charge in [-0.25, -0.2) is 4.79 Å². The van der Waals surface area contributed by atoms with E-state index in [1.807, 2.05) is 38.2 Å². The first kappa shape index (κ1) is 15.3. The predicted molar refractivity (Wildman–Crippen MR) is 77.6 cm³/mol.